The van der Waals surface area contributed by atoms with Gasteiger partial charge in [0.25, 0.3) is 4.51 Å². The fourth-order valence-corrected chi connectivity index (χ4v) is 0.476. The fourth-order valence-electron chi connectivity index (χ4n) is 0.281. The molecule has 0 rings (SSSR count). The van der Waals surface area contributed by atoms with Crippen LogP contribution in [0.5, 0.6) is 0 Å². The molecule has 0 aliphatic carbocycles. The van der Waals surface area contributed by atoms with Crippen molar-refractivity contribution in [1.29, 1.82) is 0 Å². The molecule has 0 aromatic heterocycles. The van der Waals surface area contributed by atoms with Crippen LogP contribution >= 0.6 is 15.9 Å². The van der Waals surface area contributed by atoms with Crippen LogP contribution in [0, 0.1) is 0 Å². The third-order valence-corrected chi connectivity index (χ3v) is 1.67. The summed E-state index contributed by atoms with van der Waals surface area (Å²) in [5.41, 5.74) is 0. The summed E-state index contributed by atoms with van der Waals surface area (Å²) < 4.78 is -2.83. The second-order valence-electron chi connectivity index (χ2n) is 1.72. The number of hydrogen-bond donors (Lipinski definition) is 4. The van der Waals surface area contributed by atoms with E-state index >= 15 is 0 Å². The molecule has 4 N–H and O–H groups in total. The van der Waals surface area contributed by atoms with E-state index in [-0.39, 0.29) is 0 Å². The van der Waals surface area contributed by atoms with Gasteiger partial charge in [0.15, 0.2) is 0 Å². The zero-order valence-corrected chi connectivity index (χ0v) is 6.65. The number of rotatable bonds is 3. The van der Waals surface area contributed by atoms with Crippen LogP contribution in [0.2, 0.25) is 0 Å². The van der Waals surface area contributed by atoms with Gasteiger partial charge in [0.1, 0.15) is 0 Å². The molecular formula is C4H5BrO6. The van der Waals surface area contributed by atoms with Crippen molar-refractivity contribution in [2.24, 2.45) is 0 Å². The highest BCUT2D eigenvalue weighted by Crippen LogP contribution is 2.19. The average molecular weight is 229 g/mol. The highest BCUT2D eigenvalue weighted by Gasteiger charge is 2.45. The number of carboxylic acid groups (broad SMARTS) is 2. The summed E-state index contributed by atoms with van der Waals surface area (Å²) >= 11 is 2.14. The Labute approximate surface area is 69.2 Å². The number of aliphatic carboxylic acids is 2. The van der Waals surface area contributed by atoms with Gasteiger partial charge in [-0.2, -0.15) is 0 Å². The van der Waals surface area contributed by atoms with Crippen molar-refractivity contribution in [2.75, 3.05) is 0 Å². The maximum atomic E-state index is 10.0. The third kappa shape index (κ3) is 2.14. The first-order valence-corrected chi connectivity index (χ1v) is 3.15. The van der Waals surface area contributed by atoms with Crippen molar-refractivity contribution in [2.45, 2.75) is 10.6 Å². The van der Waals surface area contributed by atoms with Crippen molar-refractivity contribution >= 4 is 27.9 Å². The van der Waals surface area contributed by atoms with E-state index in [9.17, 15) is 9.59 Å². The number of halogens is 1. The fraction of sp³-hybridized carbons (Fsp3) is 0.500. The van der Waals surface area contributed by atoms with Crippen molar-refractivity contribution in [3.63, 3.8) is 0 Å². The Kier molecular flexibility index (Phi) is 2.97. The molecule has 0 aromatic carbocycles. The van der Waals surface area contributed by atoms with Crippen molar-refractivity contribution in [1.82, 2.24) is 0 Å². The highest BCUT2D eigenvalue weighted by atomic mass is 79.9. The van der Waals surface area contributed by atoms with Gasteiger partial charge in [-0.1, -0.05) is 0 Å². The normalized spacial score (nSPS) is 18.5. The van der Waals surface area contributed by atoms with E-state index in [1.165, 1.54) is 0 Å². The quantitative estimate of drug-likeness (QED) is 0.442. The number of aliphatic hydroxyl groups is 2. The molecule has 0 aromatic rings. The molecule has 0 amide bonds. The Morgan fingerprint density at radius 2 is 1.73 bits per heavy atom. The van der Waals surface area contributed by atoms with E-state index < -0.39 is 22.6 Å². The van der Waals surface area contributed by atoms with E-state index in [1.807, 2.05) is 0 Å². The van der Waals surface area contributed by atoms with E-state index in [4.69, 9.17) is 20.4 Å². The minimum Gasteiger partial charge on any atom is -0.479 e. The summed E-state index contributed by atoms with van der Waals surface area (Å²) in [5, 5.41) is 33.5. The number of alkyl halides is 1. The van der Waals surface area contributed by atoms with Gasteiger partial charge in [-0.15, -0.1) is 0 Å². The van der Waals surface area contributed by atoms with Gasteiger partial charge in [0.05, 0.1) is 0 Å². The lowest BCUT2D eigenvalue weighted by Crippen LogP contribution is -2.48. The van der Waals surface area contributed by atoms with Crippen LogP contribution in [0.15, 0.2) is 0 Å². The van der Waals surface area contributed by atoms with Gasteiger partial charge >= 0.3 is 11.9 Å². The van der Waals surface area contributed by atoms with E-state index in [0.29, 0.717) is 0 Å². The molecule has 0 heterocycles. The second-order valence-corrected chi connectivity index (χ2v) is 2.93. The largest absolute Gasteiger partial charge is 0.479 e. The first kappa shape index (κ1) is 10.3. The molecule has 0 aliphatic heterocycles. The molecule has 2 atom stereocenters. The van der Waals surface area contributed by atoms with Crippen LogP contribution in [0.3, 0.4) is 0 Å². The zero-order chi connectivity index (χ0) is 9.23. The topological polar surface area (TPSA) is 115 Å². The Hall–Kier alpha value is -0.660. The summed E-state index contributed by atoms with van der Waals surface area (Å²) in [5.74, 6) is -3.70. The number of carboxylic acids is 2. The first-order valence-electron chi connectivity index (χ1n) is 2.35. The molecule has 0 radical (unpaired) electrons. The summed E-state index contributed by atoms with van der Waals surface area (Å²) in [6.07, 6.45) is -2.40. The van der Waals surface area contributed by atoms with Crippen LogP contribution in [0.4, 0.5) is 0 Å². The minimum absolute atomic E-state index is 1.83. The monoisotopic (exact) mass is 228 g/mol. The first-order chi connectivity index (χ1) is 4.80. The third-order valence-electron chi connectivity index (χ3n) is 0.896. The molecule has 64 valence electrons. The molecule has 6 nitrogen and oxygen atoms in total. The molecular weight excluding hydrogens is 224 g/mol. The molecule has 0 bridgehead atoms. The molecule has 7 heteroatoms. The second kappa shape index (κ2) is 3.16. The lowest BCUT2D eigenvalue weighted by molar-refractivity contribution is -0.169. The van der Waals surface area contributed by atoms with Crippen LogP contribution in [0.25, 0.3) is 0 Å². The standard InChI is InChI=1S/C4H5BrO6/c5-4(11,3(9)10)1(6)2(7)8/h1,6,11H,(H,7,8)(H,9,10). The molecule has 11 heavy (non-hydrogen) atoms. The molecule has 0 spiro atoms. The van der Waals surface area contributed by atoms with Crippen LogP contribution < -0.4 is 0 Å². The predicted molar refractivity (Wildman–Crippen MR) is 35.2 cm³/mol. The van der Waals surface area contributed by atoms with Crippen molar-refractivity contribution < 1.29 is 30.0 Å². The zero-order valence-electron chi connectivity index (χ0n) is 5.06. The number of aliphatic hydroxyl groups excluding tert-OH is 1. The Morgan fingerprint density at radius 1 is 1.36 bits per heavy atom. The summed E-state index contributed by atoms with van der Waals surface area (Å²) in [6.45, 7) is 0. The SMILES string of the molecule is O=C(O)C(O)C(O)(Br)C(=O)O. The van der Waals surface area contributed by atoms with Crippen molar-refractivity contribution in [3.8, 4) is 0 Å². The van der Waals surface area contributed by atoms with E-state index in [1.54, 1.807) is 0 Å². The van der Waals surface area contributed by atoms with E-state index in [2.05, 4.69) is 15.9 Å². The van der Waals surface area contributed by atoms with Crippen LogP contribution in [-0.2, 0) is 9.59 Å². The maximum Gasteiger partial charge on any atom is 0.350 e. The number of hydrogen-bond acceptors (Lipinski definition) is 4. The molecule has 0 saturated carbocycles. The van der Waals surface area contributed by atoms with Crippen molar-refractivity contribution in [3.05, 3.63) is 0 Å². The van der Waals surface area contributed by atoms with Crippen LogP contribution in [0.1, 0.15) is 0 Å². The Bertz CT molecular complexity index is 187. The molecule has 2 unspecified atom stereocenters. The van der Waals surface area contributed by atoms with Gasteiger partial charge in [-0.25, -0.2) is 9.59 Å². The van der Waals surface area contributed by atoms with E-state index in [0.717, 1.165) is 0 Å². The lowest BCUT2D eigenvalue weighted by atomic mass is 10.2. The Morgan fingerprint density at radius 3 is 1.82 bits per heavy atom. The highest BCUT2D eigenvalue weighted by molar-refractivity contribution is 9.10. The smallest absolute Gasteiger partial charge is 0.350 e. The maximum absolute atomic E-state index is 10.0. The Balaban J connectivity index is 4.55. The van der Waals surface area contributed by atoms with Gasteiger partial charge in [0, 0.05) is 0 Å². The lowest BCUT2D eigenvalue weighted by Gasteiger charge is -2.18. The number of carbonyl (C=O) groups is 2. The van der Waals surface area contributed by atoms with Crippen LogP contribution in [-0.4, -0.2) is 43.0 Å². The minimum atomic E-state index is -2.83. The molecule has 0 fully saturated rings. The molecule has 0 aliphatic rings. The molecule has 0 saturated heterocycles. The van der Waals surface area contributed by atoms with Gasteiger partial charge < -0.3 is 20.4 Å². The summed E-state index contributed by atoms with van der Waals surface area (Å²) in [4.78, 5) is 20.0. The van der Waals surface area contributed by atoms with Gasteiger partial charge in [-0.05, 0) is 15.9 Å². The predicted octanol–water partition coefficient (Wildman–Crippen LogP) is -1.40. The summed E-state index contributed by atoms with van der Waals surface area (Å²) in [6, 6.07) is 0. The summed E-state index contributed by atoms with van der Waals surface area (Å²) in [7, 11) is 0. The van der Waals surface area contributed by atoms with Gasteiger partial charge in [0.2, 0.25) is 6.10 Å². The average Bonchev–Trinajstić information content (AvgIpc) is 1.85. The van der Waals surface area contributed by atoms with Gasteiger partial charge in [-0.3, -0.25) is 0 Å².